The molecule has 2 heterocycles. The van der Waals surface area contributed by atoms with Gasteiger partial charge in [-0.3, -0.25) is 0 Å². The molecule has 8 heteroatoms. The van der Waals surface area contributed by atoms with Crippen molar-refractivity contribution in [2.45, 2.75) is 0 Å². The largest absolute Gasteiger partial charge is 0.465 e. The number of carbonyl (C=O) groups is 2. The minimum atomic E-state index is -0.599. The van der Waals surface area contributed by atoms with Crippen LogP contribution in [0.5, 0.6) is 11.6 Å². The lowest BCUT2D eigenvalue weighted by Gasteiger charge is -2.09. The summed E-state index contributed by atoms with van der Waals surface area (Å²) in [6, 6.07) is 6.05. The normalized spacial score (nSPS) is 10.4. The molecular weight excluding hydrogens is 314 g/mol. The summed E-state index contributed by atoms with van der Waals surface area (Å²) in [5, 5.41) is 0. The molecule has 0 spiro atoms. The number of aromatic nitrogens is 3. The quantitative estimate of drug-likeness (QED) is 0.733. The third kappa shape index (κ3) is 2.89. The Morgan fingerprint density at radius 2 is 1.67 bits per heavy atom. The number of carbonyl (C=O) groups excluding carboxylic acids is 2. The Bertz CT molecular complexity index is 885. The van der Waals surface area contributed by atoms with Crippen molar-refractivity contribution < 1.29 is 23.8 Å². The highest BCUT2D eigenvalue weighted by Gasteiger charge is 2.16. The van der Waals surface area contributed by atoms with E-state index < -0.39 is 11.9 Å². The van der Waals surface area contributed by atoms with Crippen molar-refractivity contribution in [2.24, 2.45) is 0 Å². The number of hydrogen-bond donors (Lipinski definition) is 1. The average molecular weight is 327 g/mol. The second-order valence-corrected chi connectivity index (χ2v) is 4.75. The number of methoxy groups -OCH3 is 2. The van der Waals surface area contributed by atoms with Crippen LogP contribution in [0.4, 0.5) is 0 Å². The van der Waals surface area contributed by atoms with E-state index >= 15 is 0 Å². The summed E-state index contributed by atoms with van der Waals surface area (Å²) in [4.78, 5) is 34.7. The Kier molecular flexibility index (Phi) is 4.11. The van der Waals surface area contributed by atoms with Gasteiger partial charge in [0.05, 0.1) is 30.9 Å². The molecule has 122 valence electrons. The molecule has 0 saturated heterocycles. The molecule has 3 aromatic rings. The number of hydrogen-bond acceptors (Lipinski definition) is 7. The van der Waals surface area contributed by atoms with Gasteiger partial charge in [0.25, 0.3) is 0 Å². The molecule has 0 bridgehead atoms. The molecule has 1 aromatic carbocycles. The second-order valence-electron chi connectivity index (χ2n) is 4.75. The van der Waals surface area contributed by atoms with Crippen LogP contribution >= 0.6 is 0 Å². The summed E-state index contributed by atoms with van der Waals surface area (Å²) in [6.45, 7) is 0. The Balaban J connectivity index is 2.04. The van der Waals surface area contributed by atoms with E-state index in [9.17, 15) is 9.59 Å². The van der Waals surface area contributed by atoms with Crippen LogP contribution in [0, 0.1) is 0 Å². The van der Waals surface area contributed by atoms with E-state index in [1.54, 1.807) is 12.3 Å². The first kappa shape index (κ1) is 15.5. The van der Waals surface area contributed by atoms with E-state index in [-0.39, 0.29) is 22.8 Å². The molecule has 24 heavy (non-hydrogen) atoms. The number of fused-ring (bicyclic) bond motifs is 1. The number of H-pyrrole nitrogens is 1. The van der Waals surface area contributed by atoms with Gasteiger partial charge in [-0.1, -0.05) is 0 Å². The Hall–Kier alpha value is -3.42. The molecule has 8 nitrogen and oxygen atoms in total. The third-order valence-corrected chi connectivity index (χ3v) is 3.27. The summed E-state index contributed by atoms with van der Waals surface area (Å²) in [5.41, 5.74) is 1.59. The molecular formula is C16H13N3O5. The Labute approximate surface area is 136 Å². The van der Waals surface area contributed by atoms with Crippen molar-refractivity contribution >= 4 is 23.0 Å². The fourth-order valence-corrected chi connectivity index (χ4v) is 2.17. The number of ether oxygens (including phenoxy) is 3. The summed E-state index contributed by atoms with van der Waals surface area (Å²) in [5.74, 6) is -0.688. The zero-order valence-electron chi connectivity index (χ0n) is 12.9. The molecule has 0 saturated carbocycles. The molecule has 0 atom stereocenters. The fraction of sp³-hybridized carbons (Fsp3) is 0.125. The maximum atomic E-state index is 11.8. The van der Waals surface area contributed by atoms with Gasteiger partial charge in [-0.05, 0) is 24.3 Å². The van der Waals surface area contributed by atoms with E-state index in [1.165, 1.54) is 38.7 Å². The van der Waals surface area contributed by atoms with E-state index in [0.717, 1.165) is 0 Å². The maximum absolute atomic E-state index is 11.8. The Morgan fingerprint density at radius 3 is 2.29 bits per heavy atom. The summed E-state index contributed by atoms with van der Waals surface area (Å²) in [6.07, 6.45) is 3.06. The molecule has 0 aliphatic heterocycles. The van der Waals surface area contributed by atoms with Crippen LogP contribution in [0.1, 0.15) is 20.7 Å². The summed E-state index contributed by atoms with van der Waals surface area (Å²) < 4.78 is 15.1. The summed E-state index contributed by atoms with van der Waals surface area (Å²) >= 11 is 0. The topological polar surface area (TPSA) is 103 Å². The number of aromatic amines is 1. The minimum Gasteiger partial charge on any atom is -0.465 e. The van der Waals surface area contributed by atoms with Crippen molar-refractivity contribution in [1.29, 1.82) is 0 Å². The first-order chi connectivity index (χ1) is 11.6. The van der Waals surface area contributed by atoms with Crippen LogP contribution in [0.2, 0.25) is 0 Å². The van der Waals surface area contributed by atoms with E-state index in [4.69, 9.17) is 4.74 Å². The predicted molar refractivity (Wildman–Crippen MR) is 83.1 cm³/mol. The van der Waals surface area contributed by atoms with Gasteiger partial charge < -0.3 is 19.2 Å². The number of benzene rings is 1. The van der Waals surface area contributed by atoms with Crippen LogP contribution in [0.25, 0.3) is 11.0 Å². The van der Waals surface area contributed by atoms with Crippen LogP contribution in [0.3, 0.4) is 0 Å². The lowest BCUT2D eigenvalue weighted by molar-refractivity contribution is 0.0598. The van der Waals surface area contributed by atoms with Gasteiger partial charge >= 0.3 is 11.9 Å². The lowest BCUT2D eigenvalue weighted by atomic mass is 10.1. The fourth-order valence-electron chi connectivity index (χ4n) is 2.17. The van der Waals surface area contributed by atoms with Crippen molar-refractivity contribution in [2.75, 3.05) is 14.2 Å². The molecule has 2 aromatic heterocycles. The Morgan fingerprint density at radius 1 is 1.00 bits per heavy atom. The molecule has 0 fully saturated rings. The van der Waals surface area contributed by atoms with Crippen LogP contribution in [-0.2, 0) is 9.47 Å². The van der Waals surface area contributed by atoms with Gasteiger partial charge in [0.1, 0.15) is 17.6 Å². The molecule has 0 amide bonds. The predicted octanol–water partition coefficient (Wildman–Crippen LogP) is 2.32. The highest BCUT2D eigenvalue weighted by Crippen LogP contribution is 2.27. The van der Waals surface area contributed by atoms with Gasteiger partial charge in [0.2, 0.25) is 5.88 Å². The SMILES string of the molecule is COC(=O)c1cc(Oc2ncnc3cc[nH]c23)cc(C(=O)OC)c1. The molecule has 0 aliphatic rings. The van der Waals surface area contributed by atoms with Gasteiger partial charge in [-0.2, -0.15) is 4.98 Å². The van der Waals surface area contributed by atoms with E-state index in [1.807, 2.05) is 0 Å². The molecule has 1 N–H and O–H groups in total. The first-order valence-corrected chi connectivity index (χ1v) is 6.90. The van der Waals surface area contributed by atoms with Crippen molar-refractivity contribution in [3.8, 4) is 11.6 Å². The third-order valence-electron chi connectivity index (χ3n) is 3.27. The smallest absolute Gasteiger partial charge is 0.338 e. The molecule has 3 rings (SSSR count). The minimum absolute atomic E-state index is 0.159. The zero-order valence-corrected chi connectivity index (χ0v) is 12.9. The zero-order chi connectivity index (χ0) is 17.1. The second kappa shape index (κ2) is 6.37. The van der Waals surface area contributed by atoms with Crippen molar-refractivity contribution in [3.05, 3.63) is 47.9 Å². The molecule has 0 unspecified atom stereocenters. The highest BCUT2D eigenvalue weighted by atomic mass is 16.5. The summed E-state index contributed by atoms with van der Waals surface area (Å²) in [7, 11) is 2.50. The van der Waals surface area contributed by atoms with Crippen molar-refractivity contribution in [3.63, 3.8) is 0 Å². The number of rotatable bonds is 4. The van der Waals surface area contributed by atoms with Gasteiger partial charge in [-0.15, -0.1) is 0 Å². The monoisotopic (exact) mass is 327 g/mol. The number of nitrogens with zero attached hydrogens (tertiary/aromatic N) is 2. The van der Waals surface area contributed by atoms with Crippen LogP contribution in [-0.4, -0.2) is 41.1 Å². The average Bonchev–Trinajstić information content (AvgIpc) is 3.09. The number of esters is 2. The van der Waals surface area contributed by atoms with Crippen molar-refractivity contribution in [1.82, 2.24) is 15.0 Å². The molecule has 0 radical (unpaired) electrons. The van der Waals surface area contributed by atoms with Crippen LogP contribution < -0.4 is 4.74 Å². The van der Waals surface area contributed by atoms with Gasteiger partial charge in [0.15, 0.2) is 0 Å². The number of nitrogens with one attached hydrogen (secondary N) is 1. The van der Waals surface area contributed by atoms with E-state index in [2.05, 4.69) is 24.4 Å². The molecule has 0 aliphatic carbocycles. The van der Waals surface area contributed by atoms with Gasteiger partial charge in [0, 0.05) is 6.20 Å². The maximum Gasteiger partial charge on any atom is 0.338 e. The standard InChI is InChI=1S/C16H13N3O5/c1-22-15(20)9-5-10(16(21)23-2)7-11(6-9)24-14-13-12(3-4-17-13)18-8-19-14/h3-8,17H,1-2H3. The van der Waals surface area contributed by atoms with Gasteiger partial charge in [-0.25, -0.2) is 14.6 Å². The lowest BCUT2D eigenvalue weighted by Crippen LogP contribution is -2.07. The van der Waals surface area contributed by atoms with E-state index in [0.29, 0.717) is 11.0 Å². The van der Waals surface area contributed by atoms with Crippen LogP contribution in [0.15, 0.2) is 36.8 Å². The highest BCUT2D eigenvalue weighted by molar-refractivity contribution is 5.96. The first-order valence-electron chi connectivity index (χ1n) is 6.90.